The van der Waals surface area contributed by atoms with Crippen molar-refractivity contribution >= 4 is 28.5 Å². The van der Waals surface area contributed by atoms with E-state index in [1.807, 2.05) is 29.2 Å². The topological polar surface area (TPSA) is 24.8 Å². The van der Waals surface area contributed by atoms with E-state index in [9.17, 15) is 4.79 Å². The summed E-state index contributed by atoms with van der Waals surface area (Å²) in [7, 11) is 0. The van der Waals surface area contributed by atoms with Crippen LogP contribution in [-0.2, 0) is 6.54 Å². The van der Waals surface area contributed by atoms with E-state index in [0.29, 0.717) is 0 Å². The highest BCUT2D eigenvalue weighted by atomic mass is 127. The van der Waals surface area contributed by atoms with Gasteiger partial charge in [0.1, 0.15) is 6.54 Å². The second-order valence-electron chi connectivity index (χ2n) is 6.16. The van der Waals surface area contributed by atoms with E-state index in [4.69, 9.17) is 0 Å². The lowest BCUT2D eigenvalue weighted by atomic mass is 10.1. The highest BCUT2D eigenvalue weighted by Gasteiger charge is 2.24. The maximum absolute atomic E-state index is 12.6. The maximum atomic E-state index is 12.6. The van der Waals surface area contributed by atoms with Crippen molar-refractivity contribution in [3.63, 3.8) is 0 Å². The molecule has 23 heavy (non-hydrogen) atoms. The molecule has 2 aromatic carbocycles. The van der Waals surface area contributed by atoms with Gasteiger partial charge in [-0.25, -0.2) is 0 Å². The monoisotopic (exact) mass is 421 g/mol. The Morgan fingerprint density at radius 2 is 1.87 bits per heavy atom. The average Bonchev–Trinajstić information content (AvgIpc) is 2.57. The Hall–Kier alpha value is -1.40. The molecule has 1 aliphatic rings. The van der Waals surface area contributed by atoms with E-state index in [2.05, 4.69) is 53.8 Å². The number of piperazine rings is 1. The largest absolute Gasteiger partial charge is 0.328 e. The number of amides is 1. The predicted octanol–water partition coefficient (Wildman–Crippen LogP) is 2.14. The Balaban J connectivity index is 1.58. The molecule has 0 aromatic heterocycles. The molecule has 1 amide bonds. The Labute approximate surface area is 151 Å². The van der Waals surface area contributed by atoms with Crippen LogP contribution in [0.5, 0.6) is 0 Å². The number of aryl methyl sites for hydroxylation is 1. The molecule has 0 spiro atoms. The number of nitrogens with one attached hydrogen (secondary N) is 1. The van der Waals surface area contributed by atoms with Crippen molar-refractivity contribution in [3.05, 3.63) is 68.8 Å². The van der Waals surface area contributed by atoms with Crippen LogP contribution in [0.15, 0.2) is 48.5 Å². The van der Waals surface area contributed by atoms with Gasteiger partial charge in [0.2, 0.25) is 0 Å². The molecule has 120 valence electrons. The summed E-state index contributed by atoms with van der Waals surface area (Å²) in [4.78, 5) is 16.1. The van der Waals surface area contributed by atoms with Gasteiger partial charge in [-0.05, 0) is 53.3 Å². The molecule has 1 saturated heterocycles. The zero-order chi connectivity index (χ0) is 16.2. The van der Waals surface area contributed by atoms with Crippen molar-refractivity contribution in [1.82, 2.24) is 4.90 Å². The molecule has 3 rings (SSSR count). The van der Waals surface area contributed by atoms with Gasteiger partial charge in [-0.2, -0.15) is 0 Å². The Morgan fingerprint density at radius 1 is 1.13 bits per heavy atom. The van der Waals surface area contributed by atoms with Crippen LogP contribution in [0.4, 0.5) is 0 Å². The number of benzene rings is 2. The molecule has 3 nitrogen and oxygen atoms in total. The van der Waals surface area contributed by atoms with Crippen LogP contribution in [0.2, 0.25) is 0 Å². The molecule has 2 aromatic rings. The minimum Gasteiger partial charge on any atom is -0.328 e. The Kier molecular flexibility index (Phi) is 5.33. The first-order chi connectivity index (χ1) is 11.1. The summed E-state index contributed by atoms with van der Waals surface area (Å²) in [5.41, 5.74) is 3.58. The molecule has 0 saturated carbocycles. The summed E-state index contributed by atoms with van der Waals surface area (Å²) >= 11 is 2.25. The van der Waals surface area contributed by atoms with Crippen LogP contribution >= 0.6 is 22.6 Å². The van der Waals surface area contributed by atoms with Gasteiger partial charge in [-0.3, -0.25) is 4.79 Å². The number of quaternary nitrogens is 1. The van der Waals surface area contributed by atoms with Crippen molar-refractivity contribution < 1.29 is 9.69 Å². The summed E-state index contributed by atoms with van der Waals surface area (Å²) in [5, 5.41) is 0. The molecule has 4 heteroatoms. The van der Waals surface area contributed by atoms with E-state index in [1.54, 1.807) is 4.90 Å². The second-order valence-corrected chi connectivity index (χ2v) is 7.40. The summed E-state index contributed by atoms with van der Waals surface area (Å²) in [5.74, 6) is 0.165. The molecule has 0 atom stereocenters. The summed E-state index contributed by atoms with van der Waals surface area (Å²) < 4.78 is 1.11. The highest BCUT2D eigenvalue weighted by molar-refractivity contribution is 14.1. The molecule has 1 N–H and O–H groups in total. The van der Waals surface area contributed by atoms with Crippen molar-refractivity contribution in [2.75, 3.05) is 26.2 Å². The fraction of sp³-hybridized carbons (Fsp3) is 0.316. The minimum absolute atomic E-state index is 0.165. The summed E-state index contributed by atoms with van der Waals surface area (Å²) in [6, 6.07) is 16.4. The molecule has 1 fully saturated rings. The lowest BCUT2D eigenvalue weighted by molar-refractivity contribution is -0.917. The normalized spacial score (nSPS) is 15.7. The van der Waals surface area contributed by atoms with Crippen molar-refractivity contribution in [2.45, 2.75) is 13.5 Å². The molecule has 1 aliphatic heterocycles. The van der Waals surface area contributed by atoms with E-state index in [-0.39, 0.29) is 5.91 Å². The number of carbonyl (C=O) groups excluding carboxylic acids is 1. The van der Waals surface area contributed by atoms with Crippen molar-refractivity contribution in [2.24, 2.45) is 0 Å². The molecule has 0 radical (unpaired) electrons. The fourth-order valence-electron chi connectivity index (χ4n) is 3.08. The Bertz CT molecular complexity index is 693. The van der Waals surface area contributed by atoms with Gasteiger partial charge < -0.3 is 9.80 Å². The van der Waals surface area contributed by atoms with Gasteiger partial charge in [0.15, 0.2) is 0 Å². The first kappa shape index (κ1) is 16.5. The summed E-state index contributed by atoms with van der Waals surface area (Å²) in [6.07, 6.45) is 0. The number of rotatable bonds is 3. The van der Waals surface area contributed by atoms with E-state index in [0.717, 1.165) is 41.9 Å². The van der Waals surface area contributed by atoms with E-state index < -0.39 is 0 Å². The SMILES string of the molecule is Cc1ccccc1C[NH+]1CCN(C(=O)c2cccc(I)c2)CC1. The standard InChI is InChI=1S/C19H21IN2O/c1-15-5-2-3-6-17(15)14-21-9-11-22(12-10-21)19(23)16-7-4-8-18(20)13-16/h2-8,13H,9-12,14H2,1H3/p+1. The van der Waals surface area contributed by atoms with Crippen LogP contribution in [-0.4, -0.2) is 37.0 Å². The van der Waals surface area contributed by atoms with E-state index >= 15 is 0 Å². The highest BCUT2D eigenvalue weighted by Crippen LogP contribution is 2.11. The van der Waals surface area contributed by atoms with Gasteiger partial charge in [0.25, 0.3) is 5.91 Å². The number of carbonyl (C=O) groups is 1. The van der Waals surface area contributed by atoms with Gasteiger partial charge in [0, 0.05) is 14.7 Å². The van der Waals surface area contributed by atoms with Gasteiger partial charge in [-0.15, -0.1) is 0 Å². The minimum atomic E-state index is 0.165. The zero-order valence-corrected chi connectivity index (χ0v) is 15.5. The van der Waals surface area contributed by atoms with Crippen molar-refractivity contribution in [3.8, 4) is 0 Å². The van der Waals surface area contributed by atoms with Gasteiger partial charge in [-0.1, -0.05) is 30.3 Å². The van der Waals surface area contributed by atoms with Gasteiger partial charge in [0.05, 0.1) is 26.2 Å². The zero-order valence-electron chi connectivity index (χ0n) is 13.4. The van der Waals surface area contributed by atoms with Gasteiger partial charge >= 0.3 is 0 Å². The molecule has 0 unspecified atom stereocenters. The first-order valence-electron chi connectivity index (χ1n) is 8.06. The first-order valence-corrected chi connectivity index (χ1v) is 9.14. The van der Waals surface area contributed by atoms with Crippen LogP contribution in [0.1, 0.15) is 21.5 Å². The quantitative estimate of drug-likeness (QED) is 0.755. The Morgan fingerprint density at radius 3 is 2.57 bits per heavy atom. The van der Waals surface area contributed by atoms with Crippen LogP contribution < -0.4 is 4.90 Å². The molecular weight excluding hydrogens is 399 g/mol. The third-order valence-electron chi connectivity index (χ3n) is 4.53. The van der Waals surface area contributed by atoms with Crippen molar-refractivity contribution in [1.29, 1.82) is 0 Å². The number of halogens is 1. The third-order valence-corrected chi connectivity index (χ3v) is 5.20. The van der Waals surface area contributed by atoms with Crippen LogP contribution in [0, 0.1) is 10.5 Å². The van der Waals surface area contributed by atoms with Crippen LogP contribution in [0.25, 0.3) is 0 Å². The molecular formula is C19H22IN2O+. The number of hydrogen-bond donors (Lipinski definition) is 1. The lowest BCUT2D eigenvalue weighted by Gasteiger charge is -2.32. The lowest BCUT2D eigenvalue weighted by Crippen LogP contribution is -3.13. The third kappa shape index (κ3) is 4.12. The fourth-order valence-corrected chi connectivity index (χ4v) is 3.63. The maximum Gasteiger partial charge on any atom is 0.254 e. The summed E-state index contributed by atoms with van der Waals surface area (Å²) in [6.45, 7) is 6.94. The predicted molar refractivity (Wildman–Crippen MR) is 101 cm³/mol. The smallest absolute Gasteiger partial charge is 0.254 e. The van der Waals surface area contributed by atoms with Crippen LogP contribution in [0.3, 0.4) is 0 Å². The number of hydrogen-bond acceptors (Lipinski definition) is 1. The molecule has 0 aliphatic carbocycles. The molecule has 1 heterocycles. The molecule has 0 bridgehead atoms. The van der Waals surface area contributed by atoms with E-state index in [1.165, 1.54) is 11.1 Å². The average molecular weight is 421 g/mol. The number of nitrogens with zero attached hydrogens (tertiary/aromatic N) is 1. The second kappa shape index (κ2) is 7.45.